The van der Waals surface area contributed by atoms with E-state index in [1.165, 1.54) is 11.3 Å². The van der Waals surface area contributed by atoms with E-state index in [4.69, 9.17) is 4.74 Å². The van der Waals surface area contributed by atoms with Crippen LogP contribution in [0.2, 0.25) is 0 Å². The zero-order chi connectivity index (χ0) is 17.4. The summed E-state index contributed by atoms with van der Waals surface area (Å²) in [5.74, 6) is 0.562. The smallest absolute Gasteiger partial charge is 0.243 e. The maximum atomic E-state index is 11.8. The van der Waals surface area contributed by atoms with Gasteiger partial charge in [0.1, 0.15) is 6.54 Å². The molecule has 0 aromatic heterocycles. The predicted molar refractivity (Wildman–Crippen MR) is 92.5 cm³/mol. The molecule has 0 aromatic carbocycles. The molecule has 0 aromatic rings. The first-order valence-corrected chi connectivity index (χ1v) is 8.86. The normalized spacial score (nSPS) is 27.4. The summed E-state index contributed by atoms with van der Waals surface area (Å²) in [5.41, 5.74) is 0. The zero-order valence-corrected chi connectivity index (χ0v) is 14.8. The first-order chi connectivity index (χ1) is 11.6. The van der Waals surface area contributed by atoms with E-state index in [0.717, 1.165) is 38.7 Å². The molecule has 0 spiro atoms. The first-order valence-electron chi connectivity index (χ1n) is 8.86. The molecular weight excluding hydrogens is 306 g/mol. The molecule has 1 aliphatic heterocycles. The van der Waals surface area contributed by atoms with Crippen LogP contribution in [0.5, 0.6) is 0 Å². The van der Waals surface area contributed by atoms with Crippen molar-refractivity contribution in [2.45, 2.75) is 50.7 Å². The first kappa shape index (κ1) is 18.5. The van der Waals surface area contributed by atoms with Crippen molar-refractivity contribution in [1.82, 2.24) is 15.5 Å². The molecule has 3 atom stereocenters. The number of nitrogens with zero attached hydrogens (tertiary/aromatic N) is 3. The van der Waals surface area contributed by atoms with Crippen LogP contribution in [0.25, 0.3) is 0 Å². The number of hydrogen-bond donors (Lipinski definition) is 2. The summed E-state index contributed by atoms with van der Waals surface area (Å²) >= 11 is 0. The topological polar surface area (TPSA) is 89.8 Å². The van der Waals surface area contributed by atoms with Gasteiger partial charge in [0.05, 0.1) is 18.1 Å². The van der Waals surface area contributed by atoms with E-state index in [2.05, 4.69) is 21.7 Å². The molecule has 2 aliphatic rings. The van der Waals surface area contributed by atoms with Crippen molar-refractivity contribution in [2.75, 3.05) is 33.8 Å². The van der Waals surface area contributed by atoms with Gasteiger partial charge in [-0.3, -0.25) is 4.79 Å². The quantitative estimate of drug-likeness (QED) is 0.575. The van der Waals surface area contributed by atoms with Gasteiger partial charge in [-0.25, -0.2) is 4.99 Å². The molecule has 2 N–H and O–H groups in total. The highest BCUT2D eigenvalue weighted by Gasteiger charge is 2.28. The van der Waals surface area contributed by atoms with Crippen LogP contribution in [0.3, 0.4) is 0 Å². The standard InChI is InChI=1S/C17H29N5O2/c1-22(2)16(23)12-20-17(19-11-14-7-3-4-9-24-14)21-15-8-5-6-13(15)10-18/h13-15H,3-9,11-12H2,1-2H3,(H2,19,20,21). The molecule has 1 saturated carbocycles. The second kappa shape index (κ2) is 9.48. The predicted octanol–water partition coefficient (Wildman–Crippen LogP) is 0.871. The Morgan fingerprint density at radius 2 is 2.12 bits per heavy atom. The van der Waals surface area contributed by atoms with Gasteiger partial charge < -0.3 is 20.3 Å². The van der Waals surface area contributed by atoms with Crippen LogP contribution < -0.4 is 10.6 Å². The SMILES string of the molecule is CN(C)C(=O)CN=C(NCC1CCCCO1)NC1CCCC1C#N. The molecule has 1 aliphatic carbocycles. The number of ether oxygens (including phenoxy) is 1. The highest BCUT2D eigenvalue weighted by molar-refractivity contribution is 5.85. The van der Waals surface area contributed by atoms with Gasteiger partial charge >= 0.3 is 0 Å². The number of carbonyl (C=O) groups excluding carboxylic acids is 1. The van der Waals surface area contributed by atoms with E-state index < -0.39 is 0 Å². The van der Waals surface area contributed by atoms with Gasteiger partial charge in [-0.2, -0.15) is 5.26 Å². The third-order valence-corrected chi connectivity index (χ3v) is 4.65. The van der Waals surface area contributed by atoms with E-state index in [1.54, 1.807) is 14.1 Å². The molecule has 7 nitrogen and oxygen atoms in total. The van der Waals surface area contributed by atoms with Crippen molar-refractivity contribution >= 4 is 11.9 Å². The largest absolute Gasteiger partial charge is 0.376 e. The fourth-order valence-electron chi connectivity index (χ4n) is 3.08. The van der Waals surface area contributed by atoms with Crippen molar-refractivity contribution in [2.24, 2.45) is 10.9 Å². The summed E-state index contributed by atoms with van der Waals surface area (Å²) in [6, 6.07) is 2.46. The van der Waals surface area contributed by atoms with Crippen molar-refractivity contribution in [3.05, 3.63) is 0 Å². The molecule has 7 heteroatoms. The Balaban J connectivity index is 1.93. The summed E-state index contributed by atoms with van der Waals surface area (Å²) in [4.78, 5) is 17.7. The van der Waals surface area contributed by atoms with E-state index in [0.29, 0.717) is 12.5 Å². The van der Waals surface area contributed by atoms with E-state index >= 15 is 0 Å². The van der Waals surface area contributed by atoms with Gasteiger partial charge in [0, 0.05) is 33.3 Å². The van der Waals surface area contributed by atoms with E-state index in [1.807, 2.05) is 0 Å². The van der Waals surface area contributed by atoms with Crippen LogP contribution >= 0.6 is 0 Å². The highest BCUT2D eigenvalue weighted by Crippen LogP contribution is 2.24. The fourth-order valence-corrected chi connectivity index (χ4v) is 3.08. The van der Waals surface area contributed by atoms with Crippen LogP contribution in [0.1, 0.15) is 38.5 Å². The molecule has 1 heterocycles. The van der Waals surface area contributed by atoms with E-state index in [-0.39, 0.29) is 30.5 Å². The highest BCUT2D eigenvalue weighted by atomic mass is 16.5. The van der Waals surface area contributed by atoms with Crippen LogP contribution in [0.15, 0.2) is 4.99 Å². The number of amides is 1. The number of rotatable bonds is 5. The molecule has 134 valence electrons. The number of nitrogens with one attached hydrogen (secondary N) is 2. The average Bonchev–Trinajstić information content (AvgIpc) is 3.04. The van der Waals surface area contributed by atoms with Crippen molar-refractivity contribution < 1.29 is 9.53 Å². The number of guanidine groups is 1. The summed E-state index contributed by atoms with van der Waals surface area (Å²) in [5, 5.41) is 15.9. The minimum absolute atomic E-state index is 0.00693. The number of nitriles is 1. The minimum Gasteiger partial charge on any atom is -0.376 e. The zero-order valence-electron chi connectivity index (χ0n) is 14.8. The Morgan fingerprint density at radius 1 is 1.29 bits per heavy atom. The summed E-state index contributed by atoms with van der Waals surface area (Å²) in [7, 11) is 3.44. The molecule has 1 saturated heterocycles. The molecule has 2 rings (SSSR count). The fraction of sp³-hybridized carbons (Fsp3) is 0.824. The summed E-state index contributed by atoms with van der Waals surface area (Å²) in [6.07, 6.45) is 6.46. The Morgan fingerprint density at radius 3 is 2.79 bits per heavy atom. The average molecular weight is 335 g/mol. The van der Waals surface area contributed by atoms with Crippen LogP contribution in [0, 0.1) is 17.2 Å². The molecule has 3 unspecified atom stereocenters. The Kier molecular flexibility index (Phi) is 7.32. The number of aliphatic imine (C=N–C) groups is 1. The number of likely N-dealkylation sites (N-methyl/N-ethyl adjacent to an activating group) is 1. The van der Waals surface area contributed by atoms with Crippen molar-refractivity contribution in [1.29, 1.82) is 5.26 Å². The minimum atomic E-state index is -0.0479. The maximum absolute atomic E-state index is 11.8. The van der Waals surface area contributed by atoms with Gasteiger partial charge in [0.2, 0.25) is 5.91 Å². The molecule has 1 amide bonds. The summed E-state index contributed by atoms with van der Waals surface area (Å²) < 4.78 is 5.73. The molecule has 2 fully saturated rings. The second-order valence-electron chi connectivity index (χ2n) is 6.74. The van der Waals surface area contributed by atoms with Gasteiger partial charge in [-0.15, -0.1) is 0 Å². The van der Waals surface area contributed by atoms with Crippen LogP contribution in [0.4, 0.5) is 0 Å². The molecular formula is C17H29N5O2. The van der Waals surface area contributed by atoms with Gasteiger partial charge in [0.25, 0.3) is 0 Å². The van der Waals surface area contributed by atoms with Crippen molar-refractivity contribution in [3.8, 4) is 6.07 Å². The molecule has 0 radical (unpaired) electrons. The Hall–Kier alpha value is -1.81. The molecule has 24 heavy (non-hydrogen) atoms. The number of hydrogen-bond acceptors (Lipinski definition) is 4. The Labute approximate surface area is 144 Å². The number of carbonyl (C=O) groups is 1. The van der Waals surface area contributed by atoms with Crippen LogP contribution in [-0.2, 0) is 9.53 Å². The van der Waals surface area contributed by atoms with Gasteiger partial charge in [-0.05, 0) is 38.5 Å². The third kappa shape index (κ3) is 5.68. The molecule has 0 bridgehead atoms. The lowest BCUT2D eigenvalue weighted by molar-refractivity contribution is -0.127. The Bertz CT molecular complexity index is 480. The van der Waals surface area contributed by atoms with E-state index in [9.17, 15) is 10.1 Å². The second-order valence-corrected chi connectivity index (χ2v) is 6.74. The summed E-state index contributed by atoms with van der Waals surface area (Å²) in [6.45, 7) is 1.58. The lowest BCUT2D eigenvalue weighted by Crippen LogP contribution is -2.48. The third-order valence-electron chi connectivity index (χ3n) is 4.65. The van der Waals surface area contributed by atoms with Gasteiger partial charge in [0.15, 0.2) is 5.96 Å². The van der Waals surface area contributed by atoms with Gasteiger partial charge in [-0.1, -0.05) is 0 Å². The lowest BCUT2D eigenvalue weighted by Gasteiger charge is -2.25. The lowest BCUT2D eigenvalue weighted by atomic mass is 10.1. The monoisotopic (exact) mass is 335 g/mol. The maximum Gasteiger partial charge on any atom is 0.243 e. The van der Waals surface area contributed by atoms with Crippen LogP contribution in [-0.4, -0.2) is 62.7 Å². The van der Waals surface area contributed by atoms with Crippen molar-refractivity contribution in [3.63, 3.8) is 0 Å².